The van der Waals surface area contributed by atoms with E-state index in [-0.39, 0.29) is 17.3 Å². The van der Waals surface area contributed by atoms with Crippen LogP contribution < -0.4 is 9.64 Å². The fourth-order valence-electron chi connectivity index (χ4n) is 6.89. The molecule has 3 unspecified atom stereocenters. The second kappa shape index (κ2) is 9.14. The number of ether oxygens (including phenoxy) is 1. The van der Waals surface area contributed by atoms with Crippen molar-refractivity contribution >= 4 is 45.0 Å². The molecule has 0 N–H and O–H groups in total. The Kier molecular flexibility index (Phi) is 5.65. The monoisotopic (exact) mass is 589 g/mol. The number of halogens is 1. The third-order valence-corrected chi connectivity index (χ3v) is 9.11. The Labute approximate surface area is 240 Å². The van der Waals surface area contributed by atoms with Crippen LogP contribution in [-0.4, -0.2) is 36.5 Å². The molecule has 4 aromatic rings. The molecule has 5 nitrogen and oxygen atoms in total. The highest BCUT2D eigenvalue weighted by atomic mass is 79.9. The summed E-state index contributed by atoms with van der Waals surface area (Å²) in [5.74, 6) is -0.706. The van der Waals surface area contributed by atoms with Crippen LogP contribution in [0.25, 0.3) is 6.08 Å². The number of rotatable bonds is 4. The van der Waals surface area contributed by atoms with E-state index in [1.807, 2.05) is 65.6 Å². The molecular formula is C34H24BrNO4. The van der Waals surface area contributed by atoms with Crippen molar-refractivity contribution in [1.29, 1.82) is 0 Å². The molecule has 40 heavy (non-hydrogen) atoms. The highest BCUT2D eigenvalue weighted by molar-refractivity contribution is 9.10. The number of para-hydroxylation sites is 1. The van der Waals surface area contributed by atoms with Gasteiger partial charge in [0, 0.05) is 32.8 Å². The number of hydrogen-bond acceptors (Lipinski definition) is 5. The van der Waals surface area contributed by atoms with Gasteiger partial charge in [-0.25, -0.2) is 0 Å². The predicted molar refractivity (Wildman–Crippen MR) is 157 cm³/mol. The zero-order valence-electron chi connectivity index (χ0n) is 21.6. The summed E-state index contributed by atoms with van der Waals surface area (Å²) in [6, 6.07) is 28.1. The topological polar surface area (TPSA) is 63.7 Å². The molecule has 2 aliphatic heterocycles. The molecular weight excluding hydrogens is 566 g/mol. The van der Waals surface area contributed by atoms with Crippen molar-refractivity contribution in [3.8, 4) is 5.75 Å². The lowest BCUT2D eigenvalue weighted by Gasteiger charge is -2.37. The van der Waals surface area contributed by atoms with E-state index in [4.69, 9.17) is 4.74 Å². The van der Waals surface area contributed by atoms with Gasteiger partial charge in [-0.3, -0.25) is 14.4 Å². The Morgan fingerprint density at radius 1 is 0.825 bits per heavy atom. The molecule has 7 rings (SSSR count). The first-order chi connectivity index (χ1) is 19.5. The molecule has 1 saturated heterocycles. The SMILES string of the molecule is COc1ccc(C(=O)C2C(c3ccc(Br)cc3)C3(C(=O)c4ccccc4C3=O)C3C=Cc4ccccc4N23)cc1. The number of ketones is 3. The summed E-state index contributed by atoms with van der Waals surface area (Å²) >= 11 is 3.52. The largest absolute Gasteiger partial charge is 0.497 e. The van der Waals surface area contributed by atoms with Gasteiger partial charge in [0.25, 0.3) is 0 Å². The van der Waals surface area contributed by atoms with E-state index in [1.165, 1.54) is 0 Å². The number of fused-ring (bicyclic) bond motifs is 5. The minimum absolute atomic E-state index is 0.154. The standard InChI is InChI=1S/C34H24BrNO4/c1-40-24-17-12-22(13-18-24)31(37)30-29(21-10-15-23(35)16-11-21)34(32(38)25-7-3-4-8-26(25)33(34)39)28-19-14-20-6-2-5-9-27(20)36(28)30/h2-19,28-30H,1H3. The van der Waals surface area contributed by atoms with Crippen molar-refractivity contribution in [2.24, 2.45) is 5.41 Å². The summed E-state index contributed by atoms with van der Waals surface area (Å²) in [4.78, 5) is 45.9. The van der Waals surface area contributed by atoms with Crippen molar-refractivity contribution in [2.75, 3.05) is 12.0 Å². The van der Waals surface area contributed by atoms with E-state index in [0.29, 0.717) is 22.4 Å². The fraction of sp³-hybridized carbons (Fsp3) is 0.147. The molecule has 2 heterocycles. The number of carbonyl (C=O) groups is 3. The predicted octanol–water partition coefficient (Wildman–Crippen LogP) is 6.77. The van der Waals surface area contributed by atoms with Crippen LogP contribution in [0.5, 0.6) is 5.75 Å². The molecule has 1 spiro atoms. The lowest BCUT2D eigenvalue weighted by molar-refractivity contribution is 0.0666. The number of methoxy groups -OCH3 is 1. The molecule has 4 aromatic carbocycles. The number of hydrogen-bond donors (Lipinski definition) is 0. The quantitative estimate of drug-likeness (QED) is 0.194. The first-order valence-electron chi connectivity index (χ1n) is 13.1. The average Bonchev–Trinajstić information content (AvgIpc) is 3.43. The lowest BCUT2D eigenvalue weighted by atomic mass is 9.64. The smallest absolute Gasteiger partial charge is 0.185 e. The Bertz CT molecular complexity index is 1690. The Balaban J connectivity index is 1.52. The Hall–Kier alpha value is -4.29. The minimum Gasteiger partial charge on any atom is -0.497 e. The third kappa shape index (κ3) is 3.29. The van der Waals surface area contributed by atoms with Crippen molar-refractivity contribution in [3.63, 3.8) is 0 Å². The highest BCUT2D eigenvalue weighted by Crippen LogP contribution is 2.61. The zero-order chi connectivity index (χ0) is 27.6. The summed E-state index contributed by atoms with van der Waals surface area (Å²) < 4.78 is 6.20. The van der Waals surface area contributed by atoms with Crippen LogP contribution in [0.15, 0.2) is 108 Å². The zero-order valence-corrected chi connectivity index (χ0v) is 23.2. The van der Waals surface area contributed by atoms with Gasteiger partial charge in [-0.15, -0.1) is 0 Å². The normalized spacial score (nSPS) is 21.8. The van der Waals surface area contributed by atoms with Crippen LogP contribution in [-0.2, 0) is 0 Å². The highest BCUT2D eigenvalue weighted by Gasteiger charge is 2.71. The van der Waals surface area contributed by atoms with Gasteiger partial charge in [-0.05, 0) is 53.6 Å². The van der Waals surface area contributed by atoms with Gasteiger partial charge in [0.1, 0.15) is 17.2 Å². The summed E-state index contributed by atoms with van der Waals surface area (Å²) in [6.45, 7) is 0. The Morgan fingerprint density at radius 3 is 2.10 bits per heavy atom. The number of Topliss-reactive ketones (excluding diaryl/α,β-unsaturated/α-hetero) is 3. The molecule has 0 aromatic heterocycles. The van der Waals surface area contributed by atoms with Crippen LogP contribution in [0, 0.1) is 5.41 Å². The minimum atomic E-state index is -1.51. The van der Waals surface area contributed by atoms with Gasteiger partial charge in [-0.1, -0.05) is 82.7 Å². The lowest BCUT2D eigenvalue weighted by Crippen LogP contribution is -2.48. The van der Waals surface area contributed by atoms with Gasteiger partial charge >= 0.3 is 0 Å². The van der Waals surface area contributed by atoms with Crippen LogP contribution >= 0.6 is 15.9 Å². The average molecular weight is 590 g/mol. The van der Waals surface area contributed by atoms with E-state index in [2.05, 4.69) is 15.9 Å². The van der Waals surface area contributed by atoms with Crippen LogP contribution in [0.3, 0.4) is 0 Å². The first-order valence-corrected chi connectivity index (χ1v) is 13.9. The fourth-order valence-corrected chi connectivity index (χ4v) is 7.15. The Morgan fingerprint density at radius 2 is 1.45 bits per heavy atom. The maximum absolute atomic E-state index is 14.6. The van der Waals surface area contributed by atoms with E-state index in [1.54, 1.807) is 55.6 Å². The molecule has 6 heteroatoms. The van der Waals surface area contributed by atoms with Crippen molar-refractivity contribution in [3.05, 3.63) is 135 Å². The van der Waals surface area contributed by atoms with Crippen molar-refractivity contribution in [2.45, 2.75) is 18.0 Å². The molecule has 3 aliphatic rings. The first kappa shape index (κ1) is 24.7. The molecule has 196 valence electrons. The van der Waals surface area contributed by atoms with E-state index in [9.17, 15) is 14.4 Å². The summed E-state index contributed by atoms with van der Waals surface area (Å²) in [7, 11) is 1.58. The molecule has 0 saturated carbocycles. The van der Waals surface area contributed by atoms with Crippen LogP contribution in [0.1, 0.15) is 48.1 Å². The number of benzene rings is 4. The van der Waals surface area contributed by atoms with E-state index in [0.717, 1.165) is 21.3 Å². The van der Waals surface area contributed by atoms with Gasteiger partial charge in [0.2, 0.25) is 0 Å². The number of nitrogens with zero attached hydrogens (tertiary/aromatic N) is 1. The number of anilines is 1. The van der Waals surface area contributed by atoms with Gasteiger partial charge < -0.3 is 9.64 Å². The van der Waals surface area contributed by atoms with Crippen LogP contribution in [0.4, 0.5) is 5.69 Å². The van der Waals surface area contributed by atoms with Gasteiger partial charge in [0.05, 0.1) is 13.2 Å². The molecule has 0 amide bonds. The second-order valence-electron chi connectivity index (χ2n) is 10.4. The second-order valence-corrected chi connectivity index (χ2v) is 11.3. The molecule has 3 atom stereocenters. The molecule has 1 aliphatic carbocycles. The van der Waals surface area contributed by atoms with Crippen molar-refractivity contribution < 1.29 is 19.1 Å². The maximum Gasteiger partial charge on any atom is 0.185 e. The van der Waals surface area contributed by atoms with Crippen molar-refractivity contribution in [1.82, 2.24) is 0 Å². The maximum atomic E-state index is 14.6. The van der Waals surface area contributed by atoms with E-state index >= 15 is 0 Å². The summed E-state index contributed by atoms with van der Waals surface area (Å²) in [5, 5.41) is 0. The van der Waals surface area contributed by atoms with Gasteiger partial charge in [0.15, 0.2) is 17.3 Å². The molecule has 1 fully saturated rings. The molecule has 0 bridgehead atoms. The summed E-state index contributed by atoms with van der Waals surface area (Å²) in [5.41, 5.74) is 2.36. The van der Waals surface area contributed by atoms with E-state index < -0.39 is 23.4 Å². The number of carbonyl (C=O) groups excluding carboxylic acids is 3. The summed E-state index contributed by atoms with van der Waals surface area (Å²) in [6.07, 6.45) is 3.91. The van der Waals surface area contributed by atoms with Crippen LogP contribution in [0.2, 0.25) is 0 Å². The van der Waals surface area contributed by atoms with Gasteiger partial charge in [-0.2, -0.15) is 0 Å². The molecule has 0 radical (unpaired) electrons. The third-order valence-electron chi connectivity index (χ3n) is 8.59.